The van der Waals surface area contributed by atoms with Gasteiger partial charge in [-0.05, 0) is 58.7 Å². The van der Waals surface area contributed by atoms with Crippen LogP contribution in [0.1, 0.15) is 22.8 Å². The van der Waals surface area contributed by atoms with Crippen molar-refractivity contribution in [3.63, 3.8) is 0 Å². The van der Waals surface area contributed by atoms with E-state index in [9.17, 15) is 4.79 Å². The van der Waals surface area contributed by atoms with Crippen LogP contribution < -0.4 is 5.73 Å². The van der Waals surface area contributed by atoms with E-state index in [0.29, 0.717) is 29.4 Å². The second-order valence-corrected chi connectivity index (χ2v) is 5.98. The normalized spacial score (nSPS) is 10.4. The highest BCUT2D eigenvalue weighted by Crippen LogP contribution is 2.22. The minimum atomic E-state index is -0.0587. The first-order chi connectivity index (χ1) is 10.0. The number of nitrogen functional groups attached to an aromatic ring is 1. The molecule has 2 rings (SSSR count). The number of nitrogens with zero attached hydrogens (tertiary/aromatic N) is 1. The quantitative estimate of drug-likeness (QED) is 0.817. The zero-order chi connectivity index (χ0) is 15.4. The number of benzene rings is 2. The number of hydrogen-bond donors (Lipinski definition) is 1. The zero-order valence-electron chi connectivity index (χ0n) is 11.6. The third kappa shape index (κ3) is 3.99. The minimum Gasteiger partial charge on any atom is -0.399 e. The molecule has 5 heteroatoms. The molecule has 0 aliphatic rings. The zero-order valence-corrected chi connectivity index (χ0v) is 14.0. The lowest BCUT2D eigenvalue weighted by Crippen LogP contribution is -2.30. The van der Waals surface area contributed by atoms with Crippen molar-refractivity contribution in [3.8, 4) is 0 Å². The summed E-state index contributed by atoms with van der Waals surface area (Å²) >= 11 is 9.39. The topological polar surface area (TPSA) is 46.3 Å². The summed E-state index contributed by atoms with van der Waals surface area (Å²) in [5.74, 6) is -0.0587. The number of hydrogen-bond acceptors (Lipinski definition) is 2. The SMILES string of the molecule is CCN(Cc1cccc(Cl)c1)C(=O)c1cc(N)ccc1Br. The van der Waals surface area contributed by atoms with Gasteiger partial charge < -0.3 is 10.6 Å². The molecule has 0 heterocycles. The standard InChI is InChI=1S/C16H16BrClN2O/c1-2-20(10-11-4-3-5-12(18)8-11)16(21)14-9-13(19)6-7-15(14)17/h3-9H,2,10,19H2,1H3. The van der Waals surface area contributed by atoms with Crippen molar-refractivity contribution < 1.29 is 4.79 Å². The smallest absolute Gasteiger partial charge is 0.255 e. The molecule has 2 N–H and O–H groups in total. The van der Waals surface area contributed by atoms with Crippen molar-refractivity contribution in [1.82, 2.24) is 4.90 Å². The van der Waals surface area contributed by atoms with Gasteiger partial charge in [-0.25, -0.2) is 0 Å². The lowest BCUT2D eigenvalue weighted by Gasteiger charge is -2.22. The molecule has 0 aliphatic carbocycles. The van der Waals surface area contributed by atoms with Crippen LogP contribution in [0.2, 0.25) is 5.02 Å². The summed E-state index contributed by atoms with van der Waals surface area (Å²) in [6.07, 6.45) is 0. The molecule has 0 radical (unpaired) electrons. The van der Waals surface area contributed by atoms with Crippen molar-refractivity contribution in [2.75, 3.05) is 12.3 Å². The molecular formula is C16H16BrClN2O. The van der Waals surface area contributed by atoms with Gasteiger partial charge in [0.2, 0.25) is 0 Å². The third-order valence-electron chi connectivity index (χ3n) is 3.15. The van der Waals surface area contributed by atoms with Gasteiger partial charge in [0.15, 0.2) is 0 Å². The van der Waals surface area contributed by atoms with Gasteiger partial charge in [0.05, 0.1) is 5.56 Å². The molecular weight excluding hydrogens is 352 g/mol. The Morgan fingerprint density at radius 3 is 2.71 bits per heavy atom. The summed E-state index contributed by atoms with van der Waals surface area (Å²) in [7, 11) is 0. The summed E-state index contributed by atoms with van der Waals surface area (Å²) in [6, 6.07) is 12.8. The van der Waals surface area contributed by atoms with E-state index in [4.69, 9.17) is 17.3 Å². The van der Waals surface area contributed by atoms with Gasteiger partial charge in [0, 0.05) is 28.3 Å². The molecule has 1 amide bonds. The second-order valence-electron chi connectivity index (χ2n) is 4.69. The number of nitrogens with two attached hydrogens (primary N) is 1. The van der Waals surface area contributed by atoms with Crippen LogP contribution in [0.15, 0.2) is 46.9 Å². The van der Waals surface area contributed by atoms with Gasteiger partial charge in [-0.2, -0.15) is 0 Å². The molecule has 21 heavy (non-hydrogen) atoms. The van der Waals surface area contributed by atoms with Crippen molar-refractivity contribution in [2.45, 2.75) is 13.5 Å². The maximum atomic E-state index is 12.6. The lowest BCUT2D eigenvalue weighted by molar-refractivity contribution is 0.0751. The van der Waals surface area contributed by atoms with Crippen molar-refractivity contribution in [1.29, 1.82) is 0 Å². The highest BCUT2D eigenvalue weighted by molar-refractivity contribution is 9.10. The van der Waals surface area contributed by atoms with Crippen molar-refractivity contribution >= 4 is 39.1 Å². The summed E-state index contributed by atoms with van der Waals surface area (Å²) in [6.45, 7) is 3.06. The van der Waals surface area contributed by atoms with Gasteiger partial charge in [0.1, 0.15) is 0 Å². The Kier molecular flexibility index (Phi) is 5.26. The van der Waals surface area contributed by atoms with Crippen molar-refractivity contribution in [3.05, 3.63) is 63.1 Å². The number of anilines is 1. The number of rotatable bonds is 4. The first kappa shape index (κ1) is 15.9. The minimum absolute atomic E-state index is 0.0587. The van der Waals surface area contributed by atoms with E-state index in [-0.39, 0.29) is 5.91 Å². The molecule has 0 fully saturated rings. The number of carbonyl (C=O) groups excluding carboxylic acids is 1. The third-order valence-corrected chi connectivity index (χ3v) is 4.08. The molecule has 3 nitrogen and oxygen atoms in total. The van der Waals surface area contributed by atoms with Crippen LogP contribution in [0, 0.1) is 0 Å². The van der Waals surface area contributed by atoms with E-state index < -0.39 is 0 Å². The maximum absolute atomic E-state index is 12.6. The summed E-state index contributed by atoms with van der Waals surface area (Å²) in [5, 5.41) is 0.668. The van der Waals surface area contributed by atoms with E-state index in [1.807, 2.05) is 31.2 Å². The fourth-order valence-corrected chi connectivity index (χ4v) is 2.69. The number of halogens is 2. The van der Waals surface area contributed by atoms with Crippen LogP contribution in [0.3, 0.4) is 0 Å². The maximum Gasteiger partial charge on any atom is 0.255 e. The van der Waals surface area contributed by atoms with Crippen LogP contribution in [0.25, 0.3) is 0 Å². The predicted molar refractivity (Wildman–Crippen MR) is 90.4 cm³/mol. The fourth-order valence-electron chi connectivity index (χ4n) is 2.06. The molecule has 0 saturated carbocycles. The van der Waals surface area contributed by atoms with E-state index in [2.05, 4.69) is 15.9 Å². The van der Waals surface area contributed by atoms with Crippen LogP contribution in [0.4, 0.5) is 5.69 Å². The Morgan fingerprint density at radius 2 is 2.05 bits per heavy atom. The van der Waals surface area contributed by atoms with Crippen LogP contribution >= 0.6 is 27.5 Å². The lowest BCUT2D eigenvalue weighted by atomic mass is 10.1. The molecule has 0 atom stereocenters. The average molecular weight is 368 g/mol. The molecule has 2 aromatic carbocycles. The fraction of sp³-hybridized carbons (Fsp3) is 0.188. The Balaban J connectivity index is 2.24. The summed E-state index contributed by atoms with van der Waals surface area (Å²) in [4.78, 5) is 14.4. The molecule has 0 saturated heterocycles. The Morgan fingerprint density at radius 1 is 1.29 bits per heavy atom. The molecule has 0 bridgehead atoms. The van der Waals surface area contributed by atoms with Crippen LogP contribution in [-0.4, -0.2) is 17.4 Å². The molecule has 0 spiro atoms. The first-order valence-corrected chi connectivity index (χ1v) is 7.77. The predicted octanol–water partition coefficient (Wildman–Crippen LogP) is 4.35. The van der Waals surface area contributed by atoms with Gasteiger partial charge in [-0.3, -0.25) is 4.79 Å². The monoisotopic (exact) mass is 366 g/mol. The Labute approximate surface area is 137 Å². The van der Waals surface area contributed by atoms with Crippen molar-refractivity contribution in [2.24, 2.45) is 0 Å². The van der Waals surface area contributed by atoms with Gasteiger partial charge >= 0.3 is 0 Å². The molecule has 110 valence electrons. The second kappa shape index (κ2) is 6.96. The molecule has 0 unspecified atom stereocenters. The van der Waals surface area contributed by atoms with E-state index >= 15 is 0 Å². The van der Waals surface area contributed by atoms with Crippen LogP contribution in [0.5, 0.6) is 0 Å². The summed E-state index contributed by atoms with van der Waals surface area (Å²) in [5.41, 5.74) is 7.91. The number of carbonyl (C=O) groups is 1. The van der Waals surface area contributed by atoms with E-state index in [0.717, 1.165) is 10.0 Å². The van der Waals surface area contributed by atoms with Gasteiger partial charge in [0.25, 0.3) is 5.91 Å². The summed E-state index contributed by atoms with van der Waals surface area (Å²) < 4.78 is 0.742. The van der Waals surface area contributed by atoms with Gasteiger partial charge in [-0.15, -0.1) is 0 Å². The average Bonchev–Trinajstić information content (AvgIpc) is 2.46. The largest absolute Gasteiger partial charge is 0.399 e. The highest BCUT2D eigenvalue weighted by Gasteiger charge is 2.17. The molecule has 0 aromatic heterocycles. The molecule has 0 aliphatic heterocycles. The Hall–Kier alpha value is -1.52. The Bertz CT molecular complexity index is 660. The first-order valence-electron chi connectivity index (χ1n) is 6.60. The number of amides is 1. The van der Waals surface area contributed by atoms with E-state index in [1.165, 1.54) is 0 Å². The van der Waals surface area contributed by atoms with E-state index in [1.54, 1.807) is 23.1 Å². The molecule has 2 aromatic rings. The van der Waals surface area contributed by atoms with Crippen LogP contribution in [-0.2, 0) is 6.54 Å². The highest BCUT2D eigenvalue weighted by atomic mass is 79.9. The van der Waals surface area contributed by atoms with Gasteiger partial charge in [-0.1, -0.05) is 23.7 Å².